The van der Waals surface area contributed by atoms with Crippen LogP contribution >= 0.6 is 0 Å². The molecule has 0 bridgehead atoms. The summed E-state index contributed by atoms with van der Waals surface area (Å²) in [7, 11) is 0. The third kappa shape index (κ3) is 5.39. The monoisotopic (exact) mass is 523 g/mol. The topological polar surface area (TPSA) is 102 Å². The van der Waals surface area contributed by atoms with Crippen molar-refractivity contribution in [2.24, 2.45) is 17.1 Å². The molecule has 1 aromatic carbocycles. The van der Waals surface area contributed by atoms with Crippen molar-refractivity contribution in [3.05, 3.63) is 42.0 Å². The maximum Gasteiger partial charge on any atom is 0.257 e. The molecule has 0 spiro atoms. The van der Waals surface area contributed by atoms with Crippen molar-refractivity contribution in [2.45, 2.75) is 64.3 Å². The van der Waals surface area contributed by atoms with Crippen LogP contribution in [0.15, 0.2) is 30.6 Å². The summed E-state index contributed by atoms with van der Waals surface area (Å²) in [4.78, 5) is 37.7. The third-order valence-corrected chi connectivity index (χ3v) is 8.88. The van der Waals surface area contributed by atoms with Gasteiger partial charge in [0.1, 0.15) is 11.4 Å². The van der Waals surface area contributed by atoms with Gasteiger partial charge in [0.25, 0.3) is 5.91 Å². The number of piperidine rings is 1. The molecule has 2 aromatic rings. The Morgan fingerprint density at radius 2 is 1.84 bits per heavy atom. The third-order valence-electron chi connectivity index (χ3n) is 8.88. The summed E-state index contributed by atoms with van der Waals surface area (Å²) in [6.45, 7) is 8.48. The van der Waals surface area contributed by atoms with Crippen LogP contribution in [-0.4, -0.2) is 69.9 Å². The fraction of sp³-hybridized carbons (Fsp3) is 0.586. The number of nitrogens with zero attached hydrogens (tertiary/aromatic N) is 4. The van der Waals surface area contributed by atoms with Gasteiger partial charge in [-0.05, 0) is 82.0 Å². The first-order chi connectivity index (χ1) is 18.2. The van der Waals surface area contributed by atoms with E-state index in [0.717, 1.165) is 25.9 Å². The fourth-order valence-electron chi connectivity index (χ4n) is 6.07. The van der Waals surface area contributed by atoms with Crippen LogP contribution in [0, 0.1) is 17.2 Å². The number of nitrogens with two attached hydrogens (primary N) is 1. The summed E-state index contributed by atoms with van der Waals surface area (Å²) in [5.74, 6) is -0.836. The normalized spacial score (nSPS) is 23.7. The second kappa shape index (κ2) is 10.6. The number of ether oxygens (including phenoxy) is 1. The molecule has 2 aliphatic heterocycles. The molecule has 2 saturated heterocycles. The lowest BCUT2D eigenvalue weighted by Crippen LogP contribution is -2.54. The molecule has 1 atom stereocenters. The molecule has 0 unspecified atom stereocenters. The van der Waals surface area contributed by atoms with Crippen molar-refractivity contribution in [2.75, 3.05) is 32.8 Å². The zero-order chi connectivity index (χ0) is 26.9. The van der Waals surface area contributed by atoms with Crippen LogP contribution in [0.25, 0.3) is 11.3 Å². The lowest BCUT2D eigenvalue weighted by molar-refractivity contribution is -0.126. The summed E-state index contributed by atoms with van der Waals surface area (Å²) in [6, 6.07) is 4.33. The summed E-state index contributed by atoms with van der Waals surface area (Å²) < 4.78 is 20.9. The van der Waals surface area contributed by atoms with E-state index in [1.54, 1.807) is 25.4 Å². The Labute approximate surface area is 223 Å². The molecular formula is C29H38FN5O3. The first kappa shape index (κ1) is 26.5. The molecule has 5 rings (SSSR count). The summed E-state index contributed by atoms with van der Waals surface area (Å²) in [6.07, 6.45) is 10.6. The predicted molar refractivity (Wildman–Crippen MR) is 142 cm³/mol. The van der Waals surface area contributed by atoms with Gasteiger partial charge in [-0.15, -0.1) is 0 Å². The van der Waals surface area contributed by atoms with Gasteiger partial charge in [0.2, 0.25) is 11.8 Å². The Hall–Kier alpha value is -3.07. The van der Waals surface area contributed by atoms with E-state index >= 15 is 4.39 Å². The zero-order valence-electron chi connectivity index (χ0n) is 22.4. The van der Waals surface area contributed by atoms with Crippen LogP contribution in [0.4, 0.5) is 4.39 Å². The number of aromatic nitrogens is 2. The number of hydrogen-bond acceptors (Lipinski definition) is 6. The highest BCUT2D eigenvalue weighted by atomic mass is 19.1. The molecule has 204 valence electrons. The standard InChI is InChI=1S/C29H38FN5O3/c1-28(9-3-10-28)19-34-13-7-20(8-14-34)18-38-25-17-32-24(16-33-25)21-5-6-22(23(30)15-21)26(36)35-12-4-11-29(35,2)27(31)37/h5-6,15-17,20H,3-4,7-14,18-19H2,1-2H3,(H2,31,37)/t29-/m0/s1. The number of hydrogen-bond donors (Lipinski definition) is 1. The Kier molecular flexibility index (Phi) is 7.40. The minimum absolute atomic E-state index is 0.0936. The van der Waals surface area contributed by atoms with E-state index in [4.69, 9.17) is 10.5 Å². The maximum absolute atomic E-state index is 15.0. The number of carbonyl (C=O) groups excluding carboxylic acids is 2. The molecule has 2 amide bonds. The van der Waals surface area contributed by atoms with Gasteiger partial charge in [0, 0.05) is 18.7 Å². The summed E-state index contributed by atoms with van der Waals surface area (Å²) in [5.41, 5.74) is 5.85. The Balaban J connectivity index is 1.15. The molecular weight excluding hydrogens is 485 g/mol. The number of amides is 2. The van der Waals surface area contributed by atoms with Gasteiger partial charge >= 0.3 is 0 Å². The van der Waals surface area contributed by atoms with Gasteiger partial charge in [-0.2, -0.15) is 0 Å². The first-order valence-corrected chi connectivity index (χ1v) is 13.8. The van der Waals surface area contributed by atoms with Gasteiger partial charge in [-0.25, -0.2) is 14.4 Å². The van der Waals surface area contributed by atoms with Crippen molar-refractivity contribution in [1.82, 2.24) is 19.8 Å². The van der Waals surface area contributed by atoms with Crippen LogP contribution in [-0.2, 0) is 4.79 Å². The SMILES string of the molecule is CC1(CN2CCC(COc3cnc(-c4ccc(C(=O)N5CCC[C@@]5(C)C(N)=O)c(F)c4)cn3)CC2)CCC1. The van der Waals surface area contributed by atoms with Gasteiger partial charge in [-0.1, -0.05) is 19.4 Å². The van der Waals surface area contributed by atoms with E-state index in [-0.39, 0.29) is 5.56 Å². The molecule has 8 nitrogen and oxygen atoms in total. The largest absolute Gasteiger partial charge is 0.476 e. The fourth-order valence-corrected chi connectivity index (χ4v) is 6.07. The molecule has 38 heavy (non-hydrogen) atoms. The number of carbonyl (C=O) groups is 2. The van der Waals surface area contributed by atoms with E-state index in [2.05, 4.69) is 21.8 Å². The minimum atomic E-state index is -1.10. The quantitative estimate of drug-likeness (QED) is 0.560. The lowest BCUT2D eigenvalue weighted by Gasteiger charge is -2.44. The highest BCUT2D eigenvalue weighted by Gasteiger charge is 2.45. The number of halogens is 1. The van der Waals surface area contributed by atoms with Crippen LogP contribution in [0.2, 0.25) is 0 Å². The summed E-state index contributed by atoms with van der Waals surface area (Å²) >= 11 is 0. The van der Waals surface area contributed by atoms with Crippen LogP contribution in [0.1, 0.15) is 69.2 Å². The van der Waals surface area contributed by atoms with Crippen LogP contribution < -0.4 is 10.5 Å². The number of likely N-dealkylation sites (tertiary alicyclic amines) is 2. The highest BCUT2D eigenvalue weighted by molar-refractivity contribution is 5.99. The van der Waals surface area contributed by atoms with Crippen molar-refractivity contribution in [3.8, 4) is 17.1 Å². The minimum Gasteiger partial charge on any atom is -0.476 e. The predicted octanol–water partition coefficient (Wildman–Crippen LogP) is 4.04. The van der Waals surface area contributed by atoms with Gasteiger partial charge in [0.15, 0.2) is 0 Å². The molecule has 1 saturated carbocycles. The molecule has 9 heteroatoms. The van der Waals surface area contributed by atoms with Gasteiger partial charge in [-0.3, -0.25) is 9.59 Å². The van der Waals surface area contributed by atoms with E-state index in [1.165, 1.54) is 42.8 Å². The smallest absolute Gasteiger partial charge is 0.257 e. The molecule has 1 aromatic heterocycles. The van der Waals surface area contributed by atoms with E-state index in [1.807, 2.05) is 0 Å². The Morgan fingerprint density at radius 1 is 1.08 bits per heavy atom. The Bertz CT molecular complexity index is 1180. The van der Waals surface area contributed by atoms with Crippen molar-refractivity contribution < 1.29 is 18.7 Å². The molecule has 1 aliphatic carbocycles. The first-order valence-electron chi connectivity index (χ1n) is 13.8. The number of rotatable bonds is 8. The van der Waals surface area contributed by atoms with Crippen molar-refractivity contribution >= 4 is 11.8 Å². The average molecular weight is 524 g/mol. The van der Waals surface area contributed by atoms with Crippen molar-refractivity contribution in [3.63, 3.8) is 0 Å². The second-order valence-electron chi connectivity index (χ2n) is 11.8. The average Bonchev–Trinajstić information content (AvgIpc) is 3.30. The zero-order valence-corrected chi connectivity index (χ0v) is 22.4. The molecule has 3 heterocycles. The van der Waals surface area contributed by atoms with Gasteiger partial charge < -0.3 is 20.3 Å². The molecule has 3 aliphatic rings. The van der Waals surface area contributed by atoms with Crippen LogP contribution in [0.3, 0.4) is 0 Å². The molecule has 2 N–H and O–H groups in total. The number of primary amides is 1. The summed E-state index contributed by atoms with van der Waals surface area (Å²) in [5, 5.41) is 0. The second-order valence-corrected chi connectivity index (χ2v) is 11.8. The maximum atomic E-state index is 15.0. The number of benzene rings is 1. The highest BCUT2D eigenvalue weighted by Crippen LogP contribution is 2.41. The van der Waals surface area contributed by atoms with E-state index in [0.29, 0.717) is 54.5 Å². The van der Waals surface area contributed by atoms with E-state index in [9.17, 15) is 9.59 Å². The van der Waals surface area contributed by atoms with Gasteiger partial charge in [0.05, 0.1) is 30.3 Å². The molecule has 0 radical (unpaired) electrons. The Morgan fingerprint density at radius 3 is 2.45 bits per heavy atom. The van der Waals surface area contributed by atoms with Crippen LogP contribution in [0.5, 0.6) is 5.88 Å². The van der Waals surface area contributed by atoms with E-state index < -0.39 is 23.2 Å². The van der Waals surface area contributed by atoms with Crippen molar-refractivity contribution in [1.29, 1.82) is 0 Å². The lowest BCUT2D eigenvalue weighted by atomic mass is 9.70. The molecule has 3 fully saturated rings.